The van der Waals surface area contributed by atoms with Crippen molar-refractivity contribution < 1.29 is 0 Å². The minimum absolute atomic E-state index is 0.452. The highest BCUT2D eigenvalue weighted by Crippen LogP contribution is 2.27. The first-order valence-corrected chi connectivity index (χ1v) is 7.49. The van der Waals surface area contributed by atoms with Crippen molar-refractivity contribution >= 4 is 0 Å². The van der Waals surface area contributed by atoms with Gasteiger partial charge in [-0.25, -0.2) is 0 Å². The molecule has 0 aromatic carbocycles. The summed E-state index contributed by atoms with van der Waals surface area (Å²) in [5.74, 6) is 0. The fraction of sp³-hybridized carbons (Fsp3) is 1.00. The van der Waals surface area contributed by atoms with E-state index in [9.17, 15) is 0 Å². The van der Waals surface area contributed by atoms with Crippen molar-refractivity contribution in [2.75, 3.05) is 26.7 Å². The van der Waals surface area contributed by atoms with Gasteiger partial charge in [0.05, 0.1) is 0 Å². The molecule has 0 radical (unpaired) electrons. The van der Waals surface area contributed by atoms with Crippen LogP contribution in [0.15, 0.2) is 0 Å². The normalized spacial score (nSPS) is 12.7. The molecule has 0 saturated carbocycles. The maximum atomic E-state index is 3.54. The van der Waals surface area contributed by atoms with E-state index in [-0.39, 0.29) is 0 Å². The van der Waals surface area contributed by atoms with Gasteiger partial charge in [-0.1, -0.05) is 34.6 Å². The van der Waals surface area contributed by atoms with Crippen LogP contribution in [0, 0.1) is 5.41 Å². The lowest BCUT2D eigenvalue weighted by Gasteiger charge is -2.39. The van der Waals surface area contributed by atoms with Crippen molar-refractivity contribution in [1.29, 1.82) is 0 Å². The molecule has 0 aliphatic rings. The smallest absolute Gasteiger partial charge is 0.00872 e. The molecule has 0 rings (SSSR count). The maximum absolute atomic E-state index is 3.54. The largest absolute Gasteiger partial charge is 0.316 e. The third kappa shape index (κ3) is 5.39. The Hall–Kier alpha value is -0.0800. The van der Waals surface area contributed by atoms with E-state index in [1.54, 1.807) is 0 Å². The van der Waals surface area contributed by atoms with Crippen LogP contribution < -0.4 is 5.32 Å². The Kier molecular flexibility index (Phi) is 8.89. The number of hydrogen-bond donors (Lipinski definition) is 1. The molecule has 0 aromatic heterocycles. The summed E-state index contributed by atoms with van der Waals surface area (Å²) in [5, 5.41) is 3.54. The van der Waals surface area contributed by atoms with Crippen LogP contribution in [-0.2, 0) is 0 Å². The van der Waals surface area contributed by atoms with Gasteiger partial charge in [0.15, 0.2) is 0 Å². The molecule has 0 aromatic rings. The molecule has 0 unspecified atom stereocenters. The second kappa shape index (κ2) is 8.93. The molecule has 0 aliphatic heterocycles. The summed E-state index contributed by atoms with van der Waals surface area (Å²) in [5.41, 5.74) is 0.452. The third-order valence-corrected chi connectivity index (χ3v) is 4.40. The van der Waals surface area contributed by atoms with Crippen LogP contribution in [0.4, 0.5) is 0 Å². The zero-order chi connectivity index (χ0) is 13.3. The zero-order valence-electron chi connectivity index (χ0n) is 13.0. The molecule has 0 atom stereocenters. The summed E-state index contributed by atoms with van der Waals surface area (Å²) in [6.07, 6.45) is 5.05. The average molecular weight is 242 g/mol. The van der Waals surface area contributed by atoms with Crippen molar-refractivity contribution in [1.82, 2.24) is 10.2 Å². The fourth-order valence-electron chi connectivity index (χ4n) is 2.74. The van der Waals surface area contributed by atoms with E-state index in [2.05, 4.69) is 51.9 Å². The van der Waals surface area contributed by atoms with E-state index in [0.717, 1.165) is 19.1 Å². The molecule has 17 heavy (non-hydrogen) atoms. The van der Waals surface area contributed by atoms with Crippen molar-refractivity contribution in [3.05, 3.63) is 0 Å². The number of hydrogen-bond acceptors (Lipinski definition) is 2. The second-order valence-electron chi connectivity index (χ2n) is 5.37. The number of rotatable bonds is 10. The van der Waals surface area contributed by atoms with E-state index in [1.807, 2.05) is 0 Å². The molecule has 2 nitrogen and oxygen atoms in total. The van der Waals surface area contributed by atoms with Crippen LogP contribution in [-0.4, -0.2) is 37.6 Å². The Bertz CT molecular complexity index is 172. The molecular formula is C15H34N2. The SMILES string of the molecule is CCNCC(CC)(CC)CN(C)C(CC)CC. The van der Waals surface area contributed by atoms with E-state index in [0.29, 0.717) is 5.41 Å². The summed E-state index contributed by atoms with van der Waals surface area (Å²) >= 11 is 0. The van der Waals surface area contributed by atoms with E-state index in [4.69, 9.17) is 0 Å². The molecule has 1 N–H and O–H groups in total. The molecule has 0 saturated heterocycles. The first kappa shape index (κ1) is 16.9. The average Bonchev–Trinajstić information content (AvgIpc) is 2.36. The Morgan fingerprint density at radius 1 is 1.00 bits per heavy atom. The molecule has 2 heteroatoms. The van der Waals surface area contributed by atoms with Gasteiger partial charge in [-0.05, 0) is 44.7 Å². The highest BCUT2D eigenvalue weighted by molar-refractivity contribution is 4.83. The number of nitrogens with one attached hydrogen (secondary N) is 1. The van der Waals surface area contributed by atoms with Gasteiger partial charge in [0.1, 0.15) is 0 Å². The van der Waals surface area contributed by atoms with Crippen molar-refractivity contribution in [3.63, 3.8) is 0 Å². The van der Waals surface area contributed by atoms with Gasteiger partial charge < -0.3 is 10.2 Å². The number of nitrogens with zero attached hydrogens (tertiary/aromatic N) is 1. The van der Waals surface area contributed by atoms with Gasteiger partial charge in [0.25, 0.3) is 0 Å². The van der Waals surface area contributed by atoms with Gasteiger partial charge in [-0.15, -0.1) is 0 Å². The van der Waals surface area contributed by atoms with Crippen LogP contribution in [0.5, 0.6) is 0 Å². The minimum atomic E-state index is 0.452. The minimum Gasteiger partial charge on any atom is -0.316 e. The molecule has 0 bridgehead atoms. The molecule has 0 heterocycles. The van der Waals surface area contributed by atoms with E-state index in [1.165, 1.54) is 32.2 Å². The van der Waals surface area contributed by atoms with E-state index >= 15 is 0 Å². The summed E-state index contributed by atoms with van der Waals surface area (Å²) in [4.78, 5) is 2.57. The van der Waals surface area contributed by atoms with Gasteiger partial charge in [0.2, 0.25) is 0 Å². The molecule has 0 fully saturated rings. The molecule has 0 amide bonds. The first-order chi connectivity index (χ1) is 8.09. The second-order valence-corrected chi connectivity index (χ2v) is 5.37. The van der Waals surface area contributed by atoms with Crippen LogP contribution in [0.3, 0.4) is 0 Å². The highest BCUT2D eigenvalue weighted by atomic mass is 15.1. The standard InChI is InChI=1S/C15H34N2/c1-7-14(8-2)17(6)13-15(9-3,10-4)12-16-11-5/h14,16H,7-13H2,1-6H3. The lowest BCUT2D eigenvalue weighted by molar-refractivity contribution is 0.117. The van der Waals surface area contributed by atoms with Crippen LogP contribution in [0.1, 0.15) is 60.3 Å². The zero-order valence-corrected chi connectivity index (χ0v) is 13.0. The van der Waals surface area contributed by atoms with Crippen molar-refractivity contribution in [2.24, 2.45) is 5.41 Å². The van der Waals surface area contributed by atoms with Gasteiger partial charge in [0, 0.05) is 19.1 Å². The Morgan fingerprint density at radius 3 is 1.88 bits per heavy atom. The predicted octanol–water partition coefficient (Wildman–Crippen LogP) is 3.52. The summed E-state index contributed by atoms with van der Waals surface area (Å²) in [7, 11) is 2.30. The van der Waals surface area contributed by atoms with Crippen molar-refractivity contribution in [3.8, 4) is 0 Å². The quantitative estimate of drug-likeness (QED) is 0.630. The van der Waals surface area contributed by atoms with Gasteiger partial charge in [-0.2, -0.15) is 0 Å². The molecule has 104 valence electrons. The Labute approximate surface area is 109 Å². The highest BCUT2D eigenvalue weighted by Gasteiger charge is 2.28. The van der Waals surface area contributed by atoms with Crippen molar-refractivity contribution in [2.45, 2.75) is 66.3 Å². The van der Waals surface area contributed by atoms with Crippen LogP contribution in [0.25, 0.3) is 0 Å². The predicted molar refractivity (Wildman–Crippen MR) is 78.6 cm³/mol. The van der Waals surface area contributed by atoms with Crippen LogP contribution in [0.2, 0.25) is 0 Å². The Balaban J connectivity index is 4.50. The summed E-state index contributed by atoms with van der Waals surface area (Å²) in [6, 6.07) is 0.745. The lowest BCUT2D eigenvalue weighted by Crippen LogP contribution is -2.45. The fourth-order valence-corrected chi connectivity index (χ4v) is 2.74. The third-order valence-electron chi connectivity index (χ3n) is 4.40. The van der Waals surface area contributed by atoms with E-state index < -0.39 is 0 Å². The molecular weight excluding hydrogens is 208 g/mol. The van der Waals surface area contributed by atoms with Gasteiger partial charge >= 0.3 is 0 Å². The van der Waals surface area contributed by atoms with Crippen LogP contribution >= 0.6 is 0 Å². The maximum Gasteiger partial charge on any atom is 0.00872 e. The summed E-state index contributed by atoms with van der Waals surface area (Å²) < 4.78 is 0. The Morgan fingerprint density at radius 2 is 1.53 bits per heavy atom. The monoisotopic (exact) mass is 242 g/mol. The topological polar surface area (TPSA) is 15.3 Å². The van der Waals surface area contributed by atoms with Gasteiger partial charge in [-0.3, -0.25) is 0 Å². The molecule has 0 aliphatic carbocycles. The first-order valence-electron chi connectivity index (χ1n) is 7.49. The molecule has 0 spiro atoms. The summed E-state index contributed by atoms with van der Waals surface area (Å²) in [6.45, 7) is 14.9. The lowest BCUT2D eigenvalue weighted by atomic mass is 9.81.